The van der Waals surface area contributed by atoms with Crippen molar-refractivity contribution in [2.24, 2.45) is 5.41 Å². The zero-order valence-corrected chi connectivity index (χ0v) is 7.49. The molecular weight excluding hydrogens is 199 g/mol. The summed E-state index contributed by atoms with van der Waals surface area (Å²) in [5.74, 6) is 0. The molecule has 0 aliphatic carbocycles. The zero-order valence-electron chi connectivity index (χ0n) is 5.91. The third-order valence-corrected chi connectivity index (χ3v) is 3.31. The predicted molar refractivity (Wildman–Crippen MR) is 42.3 cm³/mol. The average Bonchev–Trinajstić information content (AvgIpc) is 2.06. The SMILES string of the molecule is FCC1(CBr)CCOCC1. The first-order valence-corrected chi connectivity index (χ1v) is 4.65. The molecule has 0 spiro atoms. The second kappa shape index (κ2) is 3.67. The molecule has 1 aliphatic rings. The lowest BCUT2D eigenvalue weighted by atomic mass is 9.84. The molecule has 1 nitrogen and oxygen atoms in total. The Morgan fingerprint density at radius 2 is 2.00 bits per heavy atom. The first kappa shape index (κ1) is 8.47. The second-order valence-corrected chi connectivity index (χ2v) is 3.44. The van der Waals surface area contributed by atoms with Gasteiger partial charge in [-0.1, -0.05) is 15.9 Å². The van der Waals surface area contributed by atoms with Gasteiger partial charge < -0.3 is 4.74 Å². The molecule has 1 aliphatic heterocycles. The summed E-state index contributed by atoms with van der Waals surface area (Å²) < 4.78 is 17.6. The normalized spacial score (nSPS) is 24.6. The van der Waals surface area contributed by atoms with Crippen molar-refractivity contribution in [1.29, 1.82) is 0 Å². The second-order valence-electron chi connectivity index (χ2n) is 2.88. The topological polar surface area (TPSA) is 9.23 Å². The average molecular weight is 211 g/mol. The van der Waals surface area contributed by atoms with Crippen molar-refractivity contribution in [3.8, 4) is 0 Å². The number of halogens is 2. The van der Waals surface area contributed by atoms with E-state index in [1.54, 1.807) is 0 Å². The van der Waals surface area contributed by atoms with Crippen LogP contribution >= 0.6 is 15.9 Å². The summed E-state index contributed by atoms with van der Waals surface area (Å²) >= 11 is 3.33. The van der Waals surface area contributed by atoms with E-state index >= 15 is 0 Å². The van der Waals surface area contributed by atoms with Crippen LogP contribution in [-0.2, 0) is 4.74 Å². The van der Waals surface area contributed by atoms with E-state index in [4.69, 9.17) is 4.74 Å². The Morgan fingerprint density at radius 1 is 1.40 bits per heavy atom. The van der Waals surface area contributed by atoms with Crippen LogP contribution in [0, 0.1) is 5.41 Å². The van der Waals surface area contributed by atoms with Gasteiger partial charge in [0.05, 0.1) is 6.67 Å². The smallest absolute Gasteiger partial charge is 0.0960 e. The Bertz CT molecular complexity index is 95.8. The van der Waals surface area contributed by atoms with Gasteiger partial charge in [-0.25, -0.2) is 0 Å². The summed E-state index contributed by atoms with van der Waals surface area (Å²) in [7, 11) is 0. The molecule has 0 amide bonds. The maximum absolute atomic E-state index is 12.4. The van der Waals surface area contributed by atoms with Crippen molar-refractivity contribution in [2.45, 2.75) is 12.8 Å². The quantitative estimate of drug-likeness (QED) is 0.636. The molecule has 3 heteroatoms. The first-order chi connectivity index (χ1) is 4.83. The molecule has 10 heavy (non-hydrogen) atoms. The molecule has 0 saturated carbocycles. The highest BCUT2D eigenvalue weighted by Gasteiger charge is 2.31. The number of hydrogen-bond acceptors (Lipinski definition) is 1. The lowest BCUT2D eigenvalue weighted by Crippen LogP contribution is -2.32. The summed E-state index contributed by atoms with van der Waals surface area (Å²) in [6, 6.07) is 0. The number of hydrogen-bond donors (Lipinski definition) is 0. The van der Waals surface area contributed by atoms with Gasteiger partial charge in [-0.05, 0) is 12.8 Å². The summed E-state index contributed by atoms with van der Waals surface area (Å²) in [6.07, 6.45) is 1.71. The molecule has 1 rings (SSSR count). The Labute approximate surface area is 69.1 Å². The van der Waals surface area contributed by atoms with Crippen LogP contribution in [0.5, 0.6) is 0 Å². The summed E-state index contributed by atoms with van der Waals surface area (Å²) in [5, 5.41) is 0.764. The van der Waals surface area contributed by atoms with Gasteiger partial charge in [-0.15, -0.1) is 0 Å². The van der Waals surface area contributed by atoms with Gasteiger partial charge in [-0.2, -0.15) is 0 Å². The molecule has 1 saturated heterocycles. The molecule has 1 heterocycles. The third-order valence-electron chi connectivity index (χ3n) is 2.12. The van der Waals surface area contributed by atoms with E-state index in [1.165, 1.54) is 0 Å². The van der Waals surface area contributed by atoms with E-state index < -0.39 is 0 Å². The van der Waals surface area contributed by atoms with E-state index in [9.17, 15) is 4.39 Å². The van der Waals surface area contributed by atoms with Crippen LogP contribution in [-0.4, -0.2) is 25.2 Å². The van der Waals surface area contributed by atoms with Crippen molar-refractivity contribution < 1.29 is 9.13 Å². The van der Waals surface area contributed by atoms with Gasteiger partial charge in [0.1, 0.15) is 0 Å². The van der Waals surface area contributed by atoms with E-state index in [2.05, 4.69) is 15.9 Å². The number of ether oxygens (including phenoxy) is 1. The lowest BCUT2D eigenvalue weighted by Gasteiger charge is -2.32. The maximum atomic E-state index is 12.4. The maximum Gasteiger partial charge on any atom is 0.0960 e. The molecular formula is C7H12BrFO. The Morgan fingerprint density at radius 3 is 2.30 bits per heavy atom. The van der Waals surface area contributed by atoms with E-state index in [1.807, 2.05) is 0 Å². The molecule has 60 valence electrons. The third kappa shape index (κ3) is 1.70. The Hall–Kier alpha value is 0.370. The minimum absolute atomic E-state index is 0.113. The Kier molecular flexibility index (Phi) is 3.11. The van der Waals surface area contributed by atoms with E-state index in [-0.39, 0.29) is 12.1 Å². The fourth-order valence-electron chi connectivity index (χ4n) is 1.11. The van der Waals surface area contributed by atoms with Gasteiger partial charge in [0.25, 0.3) is 0 Å². The van der Waals surface area contributed by atoms with Crippen LogP contribution < -0.4 is 0 Å². The van der Waals surface area contributed by atoms with Gasteiger partial charge in [0, 0.05) is 24.0 Å². The van der Waals surface area contributed by atoms with Crippen LogP contribution in [0.1, 0.15) is 12.8 Å². The van der Waals surface area contributed by atoms with Crippen molar-refractivity contribution >= 4 is 15.9 Å². The molecule has 0 N–H and O–H groups in total. The van der Waals surface area contributed by atoms with Crippen LogP contribution in [0.2, 0.25) is 0 Å². The minimum Gasteiger partial charge on any atom is -0.381 e. The standard InChI is InChI=1S/C7H12BrFO/c8-5-7(6-9)1-3-10-4-2-7/h1-6H2. The summed E-state index contributed by atoms with van der Waals surface area (Å²) in [6.45, 7) is 1.21. The molecule has 0 unspecified atom stereocenters. The highest BCUT2D eigenvalue weighted by Crippen LogP contribution is 2.32. The number of rotatable bonds is 2. The van der Waals surface area contributed by atoms with Crippen molar-refractivity contribution in [3.63, 3.8) is 0 Å². The molecule has 0 aromatic heterocycles. The van der Waals surface area contributed by atoms with Crippen molar-refractivity contribution in [1.82, 2.24) is 0 Å². The minimum atomic E-state index is -0.221. The van der Waals surface area contributed by atoms with E-state index in [0.717, 1.165) is 31.4 Å². The van der Waals surface area contributed by atoms with Gasteiger partial charge in [0.2, 0.25) is 0 Å². The van der Waals surface area contributed by atoms with Gasteiger partial charge in [-0.3, -0.25) is 4.39 Å². The fraction of sp³-hybridized carbons (Fsp3) is 1.00. The van der Waals surface area contributed by atoms with Crippen LogP contribution in [0.3, 0.4) is 0 Å². The van der Waals surface area contributed by atoms with Crippen molar-refractivity contribution in [2.75, 3.05) is 25.2 Å². The van der Waals surface area contributed by atoms with Gasteiger partial charge in [0.15, 0.2) is 0 Å². The molecule has 0 aromatic carbocycles. The molecule has 1 fully saturated rings. The van der Waals surface area contributed by atoms with Crippen LogP contribution in [0.15, 0.2) is 0 Å². The molecule has 0 radical (unpaired) electrons. The highest BCUT2D eigenvalue weighted by atomic mass is 79.9. The van der Waals surface area contributed by atoms with Crippen LogP contribution in [0.4, 0.5) is 4.39 Å². The fourth-order valence-corrected chi connectivity index (χ4v) is 1.82. The largest absolute Gasteiger partial charge is 0.381 e. The predicted octanol–water partition coefficient (Wildman–Crippen LogP) is 2.15. The van der Waals surface area contributed by atoms with E-state index in [0.29, 0.717) is 0 Å². The van der Waals surface area contributed by atoms with Gasteiger partial charge >= 0.3 is 0 Å². The monoisotopic (exact) mass is 210 g/mol. The number of alkyl halides is 2. The molecule has 0 aromatic rings. The van der Waals surface area contributed by atoms with Crippen LogP contribution in [0.25, 0.3) is 0 Å². The lowest BCUT2D eigenvalue weighted by molar-refractivity contribution is 0.0150. The first-order valence-electron chi connectivity index (χ1n) is 3.53. The molecule has 0 atom stereocenters. The summed E-state index contributed by atoms with van der Waals surface area (Å²) in [4.78, 5) is 0. The zero-order chi connectivity index (χ0) is 7.45. The highest BCUT2D eigenvalue weighted by molar-refractivity contribution is 9.09. The molecule has 0 bridgehead atoms. The summed E-state index contributed by atoms with van der Waals surface area (Å²) in [5.41, 5.74) is -0.113. The Balaban J connectivity index is 2.44. The van der Waals surface area contributed by atoms with Crippen molar-refractivity contribution in [3.05, 3.63) is 0 Å².